The third-order valence-corrected chi connectivity index (χ3v) is 4.80. The zero-order chi connectivity index (χ0) is 14.9. The van der Waals surface area contributed by atoms with Crippen LogP contribution in [0.15, 0.2) is 18.2 Å². The van der Waals surface area contributed by atoms with Gasteiger partial charge in [0.25, 0.3) is 0 Å². The molecule has 1 aromatic rings. The van der Waals surface area contributed by atoms with E-state index in [9.17, 15) is 12.8 Å². The zero-order valence-electron chi connectivity index (χ0n) is 11.0. The van der Waals surface area contributed by atoms with Crippen LogP contribution in [-0.2, 0) is 10.0 Å². The fourth-order valence-electron chi connectivity index (χ4n) is 2.24. The second kappa shape index (κ2) is 5.63. The first-order valence-electron chi connectivity index (χ1n) is 6.08. The van der Waals surface area contributed by atoms with Gasteiger partial charge in [0.1, 0.15) is 10.8 Å². The van der Waals surface area contributed by atoms with Gasteiger partial charge >= 0.3 is 0 Å². The summed E-state index contributed by atoms with van der Waals surface area (Å²) in [6.45, 7) is 1.84. The third kappa shape index (κ3) is 3.25. The summed E-state index contributed by atoms with van der Waals surface area (Å²) in [6, 6.07) is 4.28. The van der Waals surface area contributed by atoms with Crippen molar-refractivity contribution in [1.82, 2.24) is 4.31 Å². The second-order valence-electron chi connectivity index (χ2n) is 4.67. The Morgan fingerprint density at radius 3 is 2.40 bits per heavy atom. The van der Waals surface area contributed by atoms with E-state index in [1.54, 1.807) is 6.07 Å². The van der Waals surface area contributed by atoms with Crippen molar-refractivity contribution in [3.8, 4) is 0 Å². The Kier molecular flexibility index (Phi) is 4.26. The van der Waals surface area contributed by atoms with Gasteiger partial charge in [-0.1, -0.05) is 12.2 Å². The first-order chi connectivity index (χ1) is 9.29. The lowest BCUT2D eigenvalue weighted by Gasteiger charge is -2.35. The molecule has 2 rings (SSSR count). The van der Waals surface area contributed by atoms with Gasteiger partial charge in [0.2, 0.25) is 10.0 Å². The molecule has 1 aliphatic rings. The number of hydrogen-bond donors (Lipinski definition) is 1. The quantitative estimate of drug-likeness (QED) is 0.824. The Hall–Kier alpha value is -1.25. The minimum absolute atomic E-state index is 0.130. The minimum Gasteiger partial charge on any atom is -0.389 e. The standard InChI is InChI=1S/C12H16FN3O2S2/c1-20(17,18)16-6-4-15(5-7-16)11-3-2-9(13)8-10(11)12(14)19/h2-3,8H,4-7H2,1H3,(H2,14,19). The van der Waals surface area contributed by atoms with Crippen LogP contribution in [0.4, 0.5) is 10.1 Å². The Morgan fingerprint density at radius 2 is 1.90 bits per heavy atom. The van der Waals surface area contributed by atoms with Crippen molar-refractivity contribution in [3.63, 3.8) is 0 Å². The van der Waals surface area contributed by atoms with E-state index in [1.807, 2.05) is 4.90 Å². The van der Waals surface area contributed by atoms with E-state index in [4.69, 9.17) is 18.0 Å². The molecule has 20 heavy (non-hydrogen) atoms. The van der Waals surface area contributed by atoms with Crippen LogP contribution in [0.5, 0.6) is 0 Å². The van der Waals surface area contributed by atoms with Crippen molar-refractivity contribution in [2.45, 2.75) is 0 Å². The topological polar surface area (TPSA) is 66.6 Å². The van der Waals surface area contributed by atoms with Gasteiger partial charge in [-0.25, -0.2) is 12.8 Å². The Balaban J connectivity index is 2.21. The van der Waals surface area contributed by atoms with Crippen LogP contribution in [0.2, 0.25) is 0 Å². The highest BCUT2D eigenvalue weighted by atomic mass is 32.2. The van der Waals surface area contributed by atoms with Crippen molar-refractivity contribution in [1.29, 1.82) is 0 Å². The second-order valence-corrected chi connectivity index (χ2v) is 7.10. The van der Waals surface area contributed by atoms with Gasteiger partial charge in [0.05, 0.1) is 6.26 Å². The Labute approximate surface area is 123 Å². The molecule has 0 atom stereocenters. The Morgan fingerprint density at radius 1 is 1.30 bits per heavy atom. The van der Waals surface area contributed by atoms with Crippen molar-refractivity contribution < 1.29 is 12.8 Å². The number of piperazine rings is 1. The summed E-state index contributed by atoms with van der Waals surface area (Å²) in [6.07, 6.45) is 1.20. The van der Waals surface area contributed by atoms with E-state index in [0.29, 0.717) is 31.7 Å². The lowest BCUT2D eigenvalue weighted by molar-refractivity contribution is 0.388. The summed E-state index contributed by atoms with van der Waals surface area (Å²) in [4.78, 5) is 2.10. The molecule has 0 aromatic heterocycles. The number of hydrogen-bond acceptors (Lipinski definition) is 4. The maximum atomic E-state index is 13.3. The molecule has 5 nitrogen and oxygen atoms in total. The normalized spacial score (nSPS) is 17.2. The van der Waals surface area contributed by atoms with Crippen LogP contribution in [0.25, 0.3) is 0 Å². The van der Waals surface area contributed by atoms with Gasteiger partial charge in [-0.3, -0.25) is 0 Å². The van der Waals surface area contributed by atoms with Gasteiger partial charge in [0.15, 0.2) is 0 Å². The monoisotopic (exact) mass is 317 g/mol. The van der Waals surface area contributed by atoms with E-state index >= 15 is 0 Å². The van der Waals surface area contributed by atoms with Crippen LogP contribution in [0, 0.1) is 5.82 Å². The number of nitrogens with two attached hydrogens (primary N) is 1. The zero-order valence-corrected chi connectivity index (χ0v) is 12.7. The minimum atomic E-state index is -3.17. The maximum Gasteiger partial charge on any atom is 0.211 e. The lowest BCUT2D eigenvalue weighted by Crippen LogP contribution is -2.48. The van der Waals surface area contributed by atoms with Crippen molar-refractivity contribution >= 4 is 32.9 Å². The van der Waals surface area contributed by atoms with Crippen molar-refractivity contribution in [2.24, 2.45) is 5.73 Å². The Bertz CT molecular complexity index is 626. The molecule has 0 unspecified atom stereocenters. The molecule has 1 fully saturated rings. The summed E-state index contributed by atoms with van der Waals surface area (Å²) < 4.78 is 37.6. The van der Waals surface area contributed by atoms with E-state index < -0.39 is 15.8 Å². The molecular weight excluding hydrogens is 301 g/mol. The van der Waals surface area contributed by atoms with Crippen LogP contribution in [0.3, 0.4) is 0 Å². The third-order valence-electron chi connectivity index (χ3n) is 3.27. The average molecular weight is 317 g/mol. The van der Waals surface area contributed by atoms with Crippen LogP contribution < -0.4 is 10.6 Å². The molecule has 0 amide bonds. The van der Waals surface area contributed by atoms with E-state index in [1.165, 1.54) is 22.7 Å². The fraction of sp³-hybridized carbons (Fsp3) is 0.417. The fourth-order valence-corrected chi connectivity index (χ4v) is 3.23. The number of halogens is 1. The highest BCUT2D eigenvalue weighted by Gasteiger charge is 2.25. The van der Waals surface area contributed by atoms with Crippen molar-refractivity contribution in [3.05, 3.63) is 29.6 Å². The number of rotatable bonds is 3. The molecule has 1 aliphatic heterocycles. The first-order valence-corrected chi connectivity index (χ1v) is 8.34. The van der Waals surface area contributed by atoms with Gasteiger partial charge in [0, 0.05) is 37.4 Å². The number of sulfonamides is 1. The molecule has 0 radical (unpaired) electrons. The van der Waals surface area contributed by atoms with Crippen LogP contribution in [0.1, 0.15) is 5.56 Å². The molecular formula is C12H16FN3O2S2. The molecule has 0 spiro atoms. The molecule has 1 aromatic carbocycles. The van der Waals surface area contributed by atoms with Gasteiger partial charge in [-0.05, 0) is 18.2 Å². The number of benzene rings is 1. The predicted molar refractivity (Wildman–Crippen MR) is 80.9 cm³/mol. The molecule has 0 bridgehead atoms. The summed E-state index contributed by atoms with van der Waals surface area (Å²) in [5, 5.41) is 0. The first kappa shape index (κ1) is 15.1. The molecule has 110 valence electrons. The average Bonchev–Trinajstić information content (AvgIpc) is 2.37. The SMILES string of the molecule is CS(=O)(=O)N1CCN(c2ccc(F)cc2C(N)=S)CC1. The molecule has 1 saturated heterocycles. The number of nitrogens with zero attached hydrogens (tertiary/aromatic N) is 2. The van der Waals surface area contributed by atoms with E-state index in [2.05, 4.69) is 0 Å². The maximum absolute atomic E-state index is 13.3. The molecule has 0 saturated carbocycles. The van der Waals surface area contributed by atoms with Gasteiger partial charge in [-0.15, -0.1) is 0 Å². The predicted octanol–water partition coefficient (Wildman–Crippen LogP) is 0.542. The summed E-state index contributed by atoms with van der Waals surface area (Å²) in [7, 11) is -3.17. The van der Waals surface area contributed by atoms with Crippen LogP contribution in [-0.4, -0.2) is 50.1 Å². The highest BCUT2D eigenvalue weighted by molar-refractivity contribution is 7.88. The number of thiocarbonyl (C=S) groups is 1. The summed E-state index contributed by atoms with van der Waals surface area (Å²) in [5.74, 6) is -0.397. The van der Waals surface area contributed by atoms with E-state index in [0.717, 1.165) is 5.69 Å². The van der Waals surface area contributed by atoms with Gasteiger partial charge in [-0.2, -0.15) is 4.31 Å². The van der Waals surface area contributed by atoms with Crippen LogP contribution >= 0.6 is 12.2 Å². The van der Waals surface area contributed by atoms with Crippen molar-refractivity contribution in [2.75, 3.05) is 37.3 Å². The van der Waals surface area contributed by atoms with E-state index in [-0.39, 0.29) is 4.99 Å². The molecule has 8 heteroatoms. The smallest absolute Gasteiger partial charge is 0.211 e. The molecule has 2 N–H and O–H groups in total. The highest BCUT2D eigenvalue weighted by Crippen LogP contribution is 2.23. The lowest BCUT2D eigenvalue weighted by atomic mass is 10.1. The summed E-state index contributed by atoms with van der Waals surface area (Å²) in [5.41, 5.74) is 6.84. The van der Waals surface area contributed by atoms with Gasteiger partial charge < -0.3 is 10.6 Å². The summed E-state index contributed by atoms with van der Waals surface area (Å²) >= 11 is 4.94. The largest absolute Gasteiger partial charge is 0.389 e. The molecule has 0 aliphatic carbocycles. The molecule has 1 heterocycles. The number of anilines is 1.